The minimum Gasteiger partial charge on any atom is -0.467 e. The van der Waals surface area contributed by atoms with Crippen LogP contribution in [0.2, 0.25) is 0 Å². The predicted molar refractivity (Wildman–Crippen MR) is 127 cm³/mol. The van der Waals surface area contributed by atoms with Crippen LogP contribution in [0.4, 0.5) is 5.13 Å². The second-order valence-electron chi connectivity index (χ2n) is 8.00. The van der Waals surface area contributed by atoms with Crippen molar-refractivity contribution < 1.29 is 17.6 Å². The molecule has 2 aromatic heterocycles. The molecule has 8 heteroatoms. The third kappa shape index (κ3) is 4.76. The van der Waals surface area contributed by atoms with E-state index in [-0.39, 0.29) is 23.8 Å². The molecule has 0 aliphatic rings. The molecular formula is C24H24N2O4S2. The van der Waals surface area contributed by atoms with Crippen LogP contribution >= 0.6 is 11.3 Å². The first kappa shape index (κ1) is 22.2. The number of anilines is 1. The van der Waals surface area contributed by atoms with Gasteiger partial charge in [-0.05, 0) is 47.4 Å². The van der Waals surface area contributed by atoms with Gasteiger partial charge in [0.2, 0.25) is 5.91 Å². The number of benzene rings is 2. The van der Waals surface area contributed by atoms with E-state index in [1.54, 1.807) is 29.4 Å². The van der Waals surface area contributed by atoms with Crippen LogP contribution in [0.3, 0.4) is 0 Å². The van der Waals surface area contributed by atoms with E-state index in [2.05, 4.69) is 19.9 Å². The summed E-state index contributed by atoms with van der Waals surface area (Å²) in [6.45, 7) is 4.52. The molecule has 2 heterocycles. The smallest absolute Gasteiger partial charge is 0.233 e. The first-order valence-electron chi connectivity index (χ1n) is 10.2. The summed E-state index contributed by atoms with van der Waals surface area (Å²) >= 11 is 1.48. The average Bonchev–Trinajstić information content (AvgIpc) is 3.40. The molecule has 0 N–H and O–H groups in total. The number of aromatic nitrogens is 1. The van der Waals surface area contributed by atoms with Gasteiger partial charge in [0.25, 0.3) is 0 Å². The molecule has 0 fully saturated rings. The minimum atomic E-state index is -3.28. The minimum absolute atomic E-state index is 0.123. The van der Waals surface area contributed by atoms with Gasteiger partial charge in [0, 0.05) is 6.26 Å². The van der Waals surface area contributed by atoms with Gasteiger partial charge in [-0.2, -0.15) is 0 Å². The highest BCUT2D eigenvalue weighted by Gasteiger charge is 2.23. The SMILES string of the molecule is CC(C)c1cccc2sc(N(Cc3ccco3)C(=O)Cc3ccc(S(C)(=O)=O)cc3)nc12. The van der Waals surface area contributed by atoms with E-state index in [1.807, 2.05) is 18.2 Å². The van der Waals surface area contributed by atoms with E-state index in [1.165, 1.54) is 23.5 Å². The van der Waals surface area contributed by atoms with Crippen LogP contribution in [0, 0.1) is 0 Å². The number of fused-ring (bicyclic) bond motifs is 1. The van der Waals surface area contributed by atoms with Gasteiger partial charge >= 0.3 is 0 Å². The lowest BCUT2D eigenvalue weighted by Gasteiger charge is -2.19. The highest BCUT2D eigenvalue weighted by atomic mass is 32.2. The van der Waals surface area contributed by atoms with Gasteiger partial charge in [0.1, 0.15) is 5.76 Å². The summed E-state index contributed by atoms with van der Waals surface area (Å²) in [5.41, 5.74) is 2.79. The Morgan fingerprint density at radius 2 is 1.84 bits per heavy atom. The largest absolute Gasteiger partial charge is 0.467 e. The third-order valence-corrected chi connectivity index (χ3v) is 7.37. The molecular weight excluding hydrogens is 444 g/mol. The van der Waals surface area contributed by atoms with Crippen molar-refractivity contribution in [3.8, 4) is 0 Å². The van der Waals surface area contributed by atoms with Gasteiger partial charge in [0.15, 0.2) is 15.0 Å². The summed E-state index contributed by atoms with van der Waals surface area (Å²) in [5, 5.41) is 0.613. The monoisotopic (exact) mass is 468 g/mol. The van der Waals surface area contributed by atoms with E-state index < -0.39 is 9.84 Å². The van der Waals surface area contributed by atoms with E-state index in [0.29, 0.717) is 16.8 Å². The van der Waals surface area contributed by atoms with Gasteiger partial charge in [0.05, 0.1) is 34.3 Å². The third-order valence-electron chi connectivity index (χ3n) is 5.19. The van der Waals surface area contributed by atoms with Crippen LogP contribution in [0.1, 0.15) is 36.7 Å². The normalized spacial score (nSPS) is 11.9. The Kier molecular flexibility index (Phi) is 6.17. The summed E-state index contributed by atoms with van der Waals surface area (Å²) in [5.74, 6) is 0.837. The molecule has 0 saturated heterocycles. The fourth-order valence-corrected chi connectivity index (χ4v) is 5.13. The fraction of sp³-hybridized carbons (Fsp3) is 0.250. The van der Waals surface area contributed by atoms with Crippen molar-refractivity contribution in [2.24, 2.45) is 0 Å². The fourth-order valence-electron chi connectivity index (χ4n) is 3.48. The molecule has 4 rings (SSSR count). The number of thiazole rings is 1. The highest BCUT2D eigenvalue weighted by Crippen LogP contribution is 2.34. The molecule has 0 saturated carbocycles. The van der Waals surface area contributed by atoms with Crippen LogP contribution < -0.4 is 4.90 Å². The van der Waals surface area contributed by atoms with Gasteiger partial charge in [-0.25, -0.2) is 13.4 Å². The zero-order chi connectivity index (χ0) is 22.9. The standard InChI is InChI=1S/C24H24N2O4S2/c1-16(2)20-7-4-8-21-23(20)25-24(31-21)26(15-18-6-5-13-30-18)22(27)14-17-9-11-19(12-10-17)32(3,28)29/h4-13,16H,14-15H2,1-3H3. The Morgan fingerprint density at radius 1 is 1.09 bits per heavy atom. The number of furan rings is 1. The summed E-state index contributed by atoms with van der Waals surface area (Å²) in [6.07, 6.45) is 2.87. The zero-order valence-corrected chi connectivity index (χ0v) is 19.7. The molecule has 6 nitrogen and oxygen atoms in total. The van der Waals surface area contributed by atoms with Crippen LogP contribution in [-0.4, -0.2) is 25.6 Å². The summed E-state index contributed by atoms with van der Waals surface area (Å²) in [6, 6.07) is 16.1. The van der Waals surface area contributed by atoms with E-state index >= 15 is 0 Å². The molecule has 4 aromatic rings. The van der Waals surface area contributed by atoms with Crippen molar-refractivity contribution >= 4 is 42.4 Å². The number of hydrogen-bond acceptors (Lipinski definition) is 6. The van der Waals surface area contributed by atoms with E-state index in [4.69, 9.17) is 9.40 Å². The summed E-state index contributed by atoms with van der Waals surface area (Å²) < 4.78 is 29.9. The van der Waals surface area contributed by atoms with Crippen molar-refractivity contribution in [2.45, 2.75) is 37.6 Å². The Labute approximate surface area is 191 Å². The molecule has 0 aliphatic heterocycles. The zero-order valence-electron chi connectivity index (χ0n) is 18.1. The number of sulfone groups is 1. The average molecular weight is 469 g/mol. The van der Waals surface area contributed by atoms with Crippen molar-refractivity contribution in [3.05, 3.63) is 77.7 Å². The maximum Gasteiger partial charge on any atom is 0.233 e. The first-order chi connectivity index (χ1) is 15.2. The van der Waals surface area contributed by atoms with Crippen molar-refractivity contribution in [2.75, 3.05) is 11.2 Å². The Morgan fingerprint density at radius 3 is 2.47 bits per heavy atom. The van der Waals surface area contributed by atoms with Crippen molar-refractivity contribution in [1.82, 2.24) is 4.98 Å². The molecule has 32 heavy (non-hydrogen) atoms. The van der Waals surface area contributed by atoms with Gasteiger partial charge in [-0.3, -0.25) is 9.69 Å². The quantitative estimate of drug-likeness (QED) is 0.373. The number of hydrogen-bond donors (Lipinski definition) is 0. The highest BCUT2D eigenvalue weighted by molar-refractivity contribution is 7.90. The molecule has 0 radical (unpaired) electrons. The number of amides is 1. The number of carbonyl (C=O) groups excluding carboxylic acids is 1. The lowest BCUT2D eigenvalue weighted by Crippen LogP contribution is -2.31. The molecule has 0 spiro atoms. The molecule has 166 valence electrons. The summed E-state index contributed by atoms with van der Waals surface area (Å²) in [7, 11) is -3.28. The van der Waals surface area contributed by atoms with E-state index in [9.17, 15) is 13.2 Å². The molecule has 0 atom stereocenters. The Bertz CT molecular complexity index is 1340. The van der Waals surface area contributed by atoms with Gasteiger partial charge in [-0.1, -0.05) is 49.4 Å². The first-order valence-corrected chi connectivity index (χ1v) is 12.9. The number of rotatable bonds is 7. The van der Waals surface area contributed by atoms with Crippen LogP contribution in [-0.2, 0) is 27.6 Å². The van der Waals surface area contributed by atoms with E-state index in [0.717, 1.165) is 27.6 Å². The molecule has 1 amide bonds. The molecule has 0 aliphatic carbocycles. The summed E-state index contributed by atoms with van der Waals surface area (Å²) in [4.78, 5) is 20.0. The van der Waals surface area contributed by atoms with Crippen LogP contribution in [0.25, 0.3) is 10.2 Å². The number of para-hydroxylation sites is 1. The van der Waals surface area contributed by atoms with Gasteiger partial charge in [-0.15, -0.1) is 0 Å². The van der Waals surface area contributed by atoms with Crippen LogP contribution in [0.5, 0.6) is 0 Å². The van der Waals surface area contributed by atoms with Crippen molar-refractivity contribution in [3.63, 3.8) is 0 Å². The maximum atomic E-state index is 13.3. The van der Waals surface area contributed by atoms with Crippen molar-refractivity contribution in [1.29, 1.82) is 0 Å². The second kappa shape index (κ2) is 8.88. The second-order valence-corrected chi connectivity index (χ2v) is 11.0. The molecule has 2 aromatic carbocycles. The van der Waals surface area contributed by atoms with Gasteiger partial charge < -0.3 is 4.42 Å². The topological polar surface area (TPSA) is 80.5 Å². The van der Waals surface area contributed by atoms with Crippen LogP contribution in [0.15, 0.2) is 70.2 Å². The lowest BCUT2D eigenvalue weighted by atomic mass is 10.0. The maximum absolute atomic E-state index is 13.3. The Hall–Kier alpha value is -2.97. The number of nitrogens with zero attached hydrogens (tertiary/aromatic N) is 2. The predicted octanol–water partition coefficient (Wildman–Crippen LogP) is 5.19. The lowest BCUT2D eigenvalue weighted by molar-refractivity contribution is -0.118. The molecule has 0 unspecified atom stereocenters. The molecule has 0 bridgehead atoms. The Balaban J connectivity index is 1.67. The number of carbonyl (C=O) groups is 1.